The number of hydrogen-bond donors (Lipinski definition) is 1. The molecule has 0 aliphatic carbocycles. The first-order valence-electron chi connectivity index (χ1n) is 8.14. The second-order valence-electron chi connectivity index (χ2n) is 5.94. The summed E-state index contributed by atoms with van der Waals surface area (Å²) >= 11 is 0. The van der Waals surface area contributed by atoms with Crippen molar-refractivity contribution in [2.24, 2.45) is 0 Å². The Labute approximate surface area is 142 Å². The van der Waals surface area contributed by atoms with Gasteiger partial charge in [-0.2, -0.15) is 0 Å². The minimum absolute atomic E-state index is 0.0897. The first-order chi connectivity index (χ1) is 11.7. The third-order valence-electron chi connectivity index (χ3n) is 4.06. The molecule has 0 amide bonds. The Bertz CT molecular complexity index is 789. The molecule has 1 aromatic heterocycles. The van der Waals surface area contributed by atoms with Crippen LogP contribution in [0.3, 0.4) is 0 Å². The van der Waals surface area contributed by atoms with Gasteiger partial charge in [0.1, 0.15) is 0 Å². The second kappa shape index (κ2) is 7.64. The summed E-state index contributed by atoms with van der Waals surface area (Å²) in [7, 11) is 0. The molecule has 0 unspecified atom stereocenters. The number of Topliss-reactive ketones (excluding diaryl/α,β-unsaturated/α-hetero) is 1. The van der Waals surface area contributed by atoms with Gasteiger partial charge in [0.2, 0.25) is 0 Å². The fraction of sp³-hybridized carbons (Fsp3) is 0.190. The van der Waals surface area contributed by atoms with Gasteiger partial charge in [0, 0.05) is 17.8 Å². The topological polar surface area (TPSA) is 42.2 Å². The van der Waals surface area contributed by atoms with E-state index in [4.69, 9.17) is 4.42 Å². The molecule has 0 radical (unpaired) electrons. The first kappa shape index (κ1) is 16.1. The molecule has 0 aliphatic rings. The lowest BCUT2D eigenvalue weighted by atomic mass is 10.0. The number of nitrogens with one attached hydrogen (secondary N) is 1. The molecule has 3 aromatic rings. The summed E-state index contributed by atoms with van der Waals surface area (Å²) < 4.78 is 5.11. The fourth-order valence-electron chi connectivity index (χ4n) is 2.65. The lowest BCUT2D eigenvalue weighted by Crippen LogP contribution is -2.01. The number of hydrogen-bond acceptors (Lipinski definition) is 3. The van der Waals surface area contributed by atoms with Gasteiger partial charge in [0.05, 0.1) is 12.5 Å². The maximum Gasteiger partial charge on any atom is 0.159 e. The number of aryl methyl sites for hydroxylation is 2. The summed E-state index contributed by atoms with van der Waals surface area (Å²) in [5.74, 6) is 0.0897. The van der Waals surface area contributed by atoms with Crippen LogP contribution in [0.1, 0.15) is 34.0 Å². The van der Waals surface area contributed by atoms with Crippen molar-refractivity contribution in [2.45, 2.75) is 26.3 Å². The van der Waals surface area contributed by atoms with Crippen LogP contribution in [0.2, 0.25) is 0 Å². The van der Waals surface area contributed by atoms with Crippen molar-refractivity contribution in [3.8, 4) is 0 Å². The number of carbonyl (C=O) groups excluding carboxylic acids is 1. The highest BCUT2D eigenvalue weighted by Gasteiger charge is 2.01. The number of ketones is 1. The Morgan fingerprint density at radius 3 is 2.42 bits per heavy atom. The predicted molar refractivity (Wildman–Crippen MR) is 96.3 cm³/mol. The van der Waals surface area contributed by atoms with Crippen molar-refractivity contribution in [3.63, 3.8) is 0 Å². The van der Waals surface area contributed by atoms with Crippen molar-refractivity contribution >= 4 is 11.5 Å². The number of furan rings is 1. The summed E-state index contributed by atoms with van der Waals surface area (Å²) in [6.45, 7) is 2.34. The third-order valence-corrected chi connectivity index (χ3v) is 4.06. The molecule has 3 rings (SSSR count). The van der Waals surface area contributed by atoms with Crippen LogP contribution in [0.5, 0.6) is 0 Å². The second-order valence-corrected chi connectivity index (χ2v) is 5.94. The van der Waals surface area contributed by atoms with E-state index < -0.39 is 0 Å². The molecule has 0 spiro atoms. The molecule has 2 aromatic carbocycles. The highest BCUT2D eigenvalue weighted by molar-refractivity contribution is 5.94. The highest BCUT2D eigenvalue weighted by atomic mass is 16.3. The molecule has 3 heteroatoms. The first-order valence-corrected chi connectivity index (χ1v) is 8.14. The Balaban J connectivity index is 1.57. The van der Waals surface area contributed by atoms with E-state index in [-0.39, 0.29) is 5.78 Å². The van der Waals surface area contributed by atoms with E-state index in [1.807, 2.05) is 30.3 Å². The molecule has 0 saturated carbocycles. The van der Waals surface area contributed by atoms with Crippen LogP contribution in [0.4, 0.5) is 5.69 Å². The van der Waals surface area contributed by atoms with Crippen LogP contribution in [0.25, 0.3) is 0 Å². The largest absolute Gasteiger partial charge is 0.472 e. The molecule has 3 nitrogen and oxygen atoms in total. The van der Waals surface area contributed by atoms with Crippen molar-refractivity contribution in [2.75, 3.05) is 5.32 Å². The van der Waals surface area contributed by atoms with Crippen LogP contribution < -0.4 is 5.32 Å². The van der Waals surface area contributed by atoms with Crippen LogP contribution in [0.15, 0.2) is 71.5 Å². The van der Waals surface area contributed by atoms with Gasteiger partial charge in [0.25, 0.3) is 0 Å². The fourth-order valence-corrected chi connectivity index (χ4v) is 2.65. The molecule has 24 heavy (non-hydrogen) atoms. The molecular formula is C21H21NO2. The molecule has 1 N–H and O–H groups in total. The van der Waals surface area contributed by atoms with E-state index >= 15 is 0 Å². The van der Waals surface area contributed by atoms with Crippen LogP contribution in [-0.2, 0) is 19.4 Å². The zero-order chi connectivity index (χ0) is 16.8. The minimum atomic E-state index is 0.0897. The SMILES string of the molecule is CC(=O)c1ccc(NCc2cccc(CCc3ccoc3)c2)cc1. The monoisotopic (exact) mass is 319 g/mol. The highest BCUT2D eigenvalue weighted by Crippen LogP contribution is 2.14. The summed E-state index contributed by atoms with van der Waals surface area (Å²) in [6, 6.07) is 18.2. The van der Waals surface area contributed by atoms with E-state index in [2.05, 4.69) is 29.6 Å². The van der Waals surface area contributed by atoms with E-state index in [1.54, 1.807) is 19.5 Å². The minimum Gasteiger partial charge on any atom is -0.472 e. The summed E-state index contributed by atoms with van der Waals surface area (Å²) in [6.07, 6.45) is 5.50. The molecule has 1 heterocycles. The molecule has 0 bridgehead atoms. The van der Waals surface area contributed by atoms with Gasteiger partial charge in [-0.25, -0.2) is 0 Å². The Kier molecular flexibility index (Phi) is 5.12. The quantitative estimate of drug-likeness (QED) is 0.631. The van der Waals surface area contributed by atoms with E-state index in [1.165, 1.54) is 16.7 Å². The molecule has 0 fully saturated rings. The molecule has 0 saturated heterocycles. The van der Waals surface area contributed by atoms with E-state index in [0.29, 0.717) is 0 Å². The molecule has 0 aliphatic heterocycles. The third kappa shape index (κ3) is 4.35. The number of anilines is 1. The zero-order valence-electron chi connectivity index (χ0n) is 13.8. The van der Waals surface area contributed by atoms with Gasteiger partial charge < -0.3 is 9.73 Å². The lowest BCUT2D eigenvalue weighted by Gasteiger charge is -2.09. The Morgan fingerprint density at radius 2 is 1.71 bits per heavy atom. The van der Waals surface area contributed by atoms with Crippen LogP contribution in [-0.4, -0.2) is 5.78 Å². The van der Waals surface area contributed by atoms with Crippen molar-refractivity contribution < 1.29 is 9.21 Å². The smallest absolute Gasteiger partial charge is 0.159 e. The van der Waals surface area contributed by atoms with Crippen molar-refractivity contribution in [1.29, 1.82) is 0 Å². The predicted octanol–water partition coefficient (Wildman–Crippen LogP) is 4.88. The van der Waals surface area contributed by atoms with Gasteiger partial charge in [-0.1, -0.05) is 24.3 Å². The zero-order valence-corrected chi connectivity index (χ0v) is 13.8. The average molecular weight is 319 g/mol. The van der Waals surface area contributed by atoms with Gasteiger partial charge in [-0.05, 0) is 66.8 Å². The maximum atomic E-state index is 11.3. The summed E-state index contributed by atoms with van der Waals surface area (Å²) in [5, 5.41) is 3.40. The average Bonchev–Trinajstić information content (AvgIpc) is 3.12. The Hall–Kier alpha value is -2.81. The van der Waals surface area contributed by atoms with Gasteiger partial charge in [-0.15, -0.1) is 0 Å². The van der Waals surface area contributed by atoms with Gasteiger partial charge in [0.15, 0.2) is 5.78 Å². The summed E-state index contributed by atoms with van der Waals surface area (Å²) in [5.41, 5.74) is 5.55. The van der Waals surface area contributed by atoms with Crippen molar-refractivity contribution in [3.05, 3.63) is 89.4 Å². The molecule has 0 atom stereocenters. The van der Waals surface area contributed by atoms with Gasteiger partial charge >= 0.3 is 0 Å². The van der Waals surface area contributed by atoms with Crippen molar-refractivity contribution in [1.82, 2.24) is 0 Å². The molecule has 122 valence electrons. The molecular weight excluding hydrogens is 298 g/mol. The van der Waals surface area contributed by atoms with Gasteiger partial charge in [-0.3, -0.25) is 4.79 Å². The standard InChI is InChI=1S/C21H21NO2/c1-16(23)20-7-9-21(10-8-20)22-14-19-4-2-3-17(13-19)5-6-18-11-12-24-15-18/h2-4,7-13,15,22H,5-6,14H2,1H3. The normalized spacial score (nSPS) is 10.5. The van der Waals surface area contributed by atoms with Crippen LogP contribution >= 0.6 is 0 Å². The van der Waals surface area contributed by atoms with Crippen LogP contribution in [0, 0.1) is 0 Å². The van der Waals surface area contributed by atoms with E-state index in [9.17, 15) is 4.79 Å². The lowest BCUT2D eigenvalue weighted by molar-refractivity contribution is 0.101. The summed E-state index contributed by atoms with van der Waals surface area (Å²) in [4.78, 5) is 11.3. The maximum absolute atomic E-state index is 11.3. The number of rotatable bonds is 7. The van der Waals surface area contributed by atoms with E-state index in [0.717, 1.165) is 30.6 Å². The number of benzene rings is 2. The number of carbonyl (C=O) groups is 1. The Morgan fingerprint density at radius 1 is 0.958 bits per heavy atom.